The summed E-state index contributed by atoms with van der Waals surface area (Å²) in [5, 5.41) is 23.7. The number of nitrogens with zero attached hydrogens (tertiary/aromatic N) is 3. The van der Waals surface area contributed by atoms with E-state index >= 15 is 0 Å². The molecule has 1 aromatic rings. The van der Waals surface area contributed by atoms with E-state index in [0.717, 1.165) is 12.1 Å². The lowest BCUT2D eigenvalue weighted by atomic mass is 9.78. The van der Waals surface area contributed by atoms with Crippen LogP contribution in [0.2, 0.25) is 0 Å². The Kier molecular flexibility index (Phi) is 4.45. The molecule has 20 heavy (non-hydrogen) atoms. The summed E-state index contributed by atoms with van der Waals surface area (Å²) < 4.78 is 1.76. The van der Waals surface area contributed by atoms with Crippen LogP contribution >= 0.6 is 0 Å². The highest BCUT2D eigenvalue weighted by Gasteiger charge is 2.36. The first-order chi connectivity index (χ1) is 9.38. The maximum atomic E-state index is 10.9. The molecule has 0 amide bonds. The largest absolute Gasteiger partial charge is 0.481 e. The van der Waals surface area contributed by atoms with Crippen LogP contribution in [0.15, 0.2) is 12.4 Å². The third-order valence-corrected chi connectivity index (χ3v) is 4.04. The minimum atomic E-state index is -0.761. The Morgan fingerprint density at radius 2 is 2.20 bits per heavy atom. The highest BCUT2D eigenvalue weighted by atomic mass is 16.4. The maximum Gasteiger partial charge on any atom is 0.306 e. The molecule has 1 heterocycles. The predicted molar refractivity (Wildman–Crippen MR) is 74.1 cm³/mol. The number of carboxylic acids is 1. The minimum absolute atomic E-state index is 0.293. The van der Waals surface area contributed by atoms with Gasteiger partial charge in [-0.25, -0.2) is 0 Å². The fourth-order valence-corrected chi connectivity index (χ4v) is 2.98. The Morgan fingerprint density at radius 1 is 1.55 bits per heavy atom. The van der Waals surface area contributed by atoms with Gasteiger partial charge in [0.1, 0.15) is 0 Å². The Bertz CT molecular complexity index is 464. The van der Waals surface area contributed by atoms with Crippen molar-refractivity contribution in [1.82, 2.24) is 14.7 Å². The summed E-state index contributed by atoms with van der Waals surface area (Å²) in [5.41, 5.74) is 0.348. The molecule has 6 nitrogen and oxygen atoms in total. The zero-order chi connectivity index (χ0) is 14.8. The molecule has 0 aromatic carbocycles. The van der Waals surface area contributed by atoms with Crippen molar-refractivity contribution in [2.45, 2.75) is 37.8 Å². The number of rotatable bonds is 5. The van der Waals surface area contributed by atoms with E-state index in [2.05, 4.69) is 10.00 Å². The molecule has 1 aromatic heterocycles. The van der Waals surface area contributed by atoms with Gasteiger partial charge < -0.3 is 10.2 Å². The molecule has 0 saturated heterocycles. The lowest BCUT2D eigenvalue weighted by Gasteiger charge is -2.37. The van der Waals surface area contributed by atoms with E-state index in [4.69, 9.17) is 5.11 Å². The first-order valence-corrected chi connectivity index (χ1v) is 6.99. The zero-order valence-corrected chi connectivity index (χ0v) is 12.1. The fourth-order valence-electron chi connectivity index (χ4n) is 2.98. The van der Waals surface area contributed by atoms with Gasteiger partial charge in [-0.05, 0) is 32.7 Å². The van der Waals surface area contributed by atoms with Crippen molar-refractivity contribution in [3.8, 4) is 0 Å². The number of hydrogen-bond acceptors (Lipinski definition) is 4. The van der Waals surface area contributed by atoms with Gasteiger partial charge in [0.2, 0.25) is 0 Å². The minimum Gasteiger partial charge on any atom is -0.481 e. The van der Waals surface area contributed by atoms with Gasteiger partial charge >= 0.3 is 5.97 Å². The molecule has 2 N–H and O–H groups in total. The molecule has 0 bridgehead atoms. The fraction of sp³-hybridized carbons (Fsp3) is 0.714. The van der Waals surface area contributed by atoms with Crippen LogP contribution in [-0.4, -0.2) is 50.1 Å². The maximum absolute atomic E-state index is 10.9. The standard InChI is InChI=1S/C14H23N3O3/c1-16(8-11-7-15-17(2)9-11)10-14(20)5-3-12(4-6-14)13(18)19/h7,9,12,20H,3-6,8,10H2,1-2H3,(H,18,19). The summed E-state index contributed by atoms with van der Waals surface area (Å²) in [4.78, 5) is 13.0. The van der Waals surface area contributed by atoms with Gasteiger partial charge in [0, 0.05) is 31.9 Å². The summed E-state index contributed by atoms with van der Waals surface area (Å²) >= 11 is 0. The molecule has 1 saturated carbocycles. The second-order valence-corrected chi connectivity index (χ2v) is 6.03. The van der Waals surface area contributed by atoms with Gasteiger partial charge in [0.15, 0.2) is 0 Å². The Labute approximate surface area is 119 Å². The molecular weight excluding hydrogens is 258 g/mol. The van der Waals surface area contributed by atoms with Gasteiger partial charge in [-0.2, -0.15) is 5.10 Å². The van der Waals surface area contributed by atoms with Crippen molar-refractivity contribution < 1.29 is 15.0 Å². The van der Waals surface area contributed by atoms with Gasteiger partial charge in [-0.1, -0.05) is 0 Å². The van der Waals surface area contributed by atoms with Crippen molar-refractivity contribution in [2.75, 3.05) is 13.6 Å². The van der Waals surface area contributed by atoms with Crippen molar-refractivity contribution in [2.24, 2.45) is 13.0 Å². The highest BCUT2D eigenvalue weighted by molar-refractivity contribution is 5.70. The summed E-state index contributed by atoms with van der Waals surface area (Å²) in [6.07, 6.45) is 6.02. The van der Waals surface area contributed by atoms with E-state index in [0.29, 0.717) is 32.2 Å². The molecule has 0 atom stereocenters. The average Bonchev–Trinajstić information content (AvgIpc) is 2.74. The number of aliphatic carboxylic acids is 1. The van der Waals surface area contributed by atoms with Crippen LogP contribution in [0.4, 0.5) is 0 Å². The van der Waals surface area contributed by atoms with Gasteiger partial charge in [-0.15, -0.1) is 0 Å². The molecule has 1 fully saturated rings. The molecule has 2 rings (SSSR count). The summed E-state index contributed by atoms with van der Waals surface area (Å²) in [5.74, 6) is -1.03. The predicted octanol–water partition coefficient (Wildman–Crippen LogP) is 0.858. The van der Waals surface area contributed by atoms with Crippen molar-refractivity contribution in [3.05, 3.63) is 18.0 Å². The molecular formula is C14H23N3O3. The smallest absolute Gasteiger partial charge is 0.306 e. The number of aliphatic hydroxyl groups is 1. The number of carbonyl (C=O) groups is 1. The number of aromatic nitrogens is 2. The lowest BCUT2D eigenvalue weighted by Crippen LogP contribution is -2.44. The third-order valence-electron chi connectivity index (χ3n) is 4.04. The van der Waals surface area contributed by atoms with Crippen molar-refractivity contribution >= 4 is 5.97 Å². The van der Waals surface area contributed by atoms with E-state index in [9.17, 15) is 9.90 Å². The quantitative estimate of drug-likeness (QED) is 0.837. The van der Waals surface area contributed by atoms with Crippen LogP contribution in [0, 0.1) is 5.92 Å². The van der Waals surface area contributed by atoms with Crippen LogP contribution in [0.5, 0.6) is 0 Å². The third kappa shape index (κ3) is 3.80. The van der Waals surface area contributed by atoms with E-state index in [1.807, 2.05) is 26.5 Å². The van der Waals surface area contributed by atoms with E-state index < -0.39 is 11.6 Å². The summed E-state index contributed by atoms with van der Waals surface area (Å²) in [6.45, 7) is 1.30. The Hall–Kier alpha value is -1.40. The first kappa shape index (κ1) is 15.0. The Balaban J connectivity index is 1.84. The van der Waals surface area contributed by atoms with Crippen molar-refractivity contribution in [1.29, 1.82) is 0 Å². The molecule has 0 radical (unpaired) electrons. The summed E-state index contributed by atoms with van der Waals surface area (Å²) in [6, 6.07) is 0. The lowest BCUT2D eigenvalue weighted by molar-refractivity contribution is -0.145. The number of carboxylic acid groups (broad SMARTS) is 1. The number of likely N-dealkylation sites (N-methyl/N-ethyl adjacent to an activating group) is 1. The van der Waals surface area contributed by atoms with Crippen LogP contribution in [0.25, 0.3) is 0 Å². The second-order valence-electron chi connectivity index (χ2n) is 6.03. The van der Waals surface area contributed by atoms with Gasteiger partial charge in [0.25, 0.3) is 0 Å². The van der Waals surface area contributed by atoms with Crippen molar-refractivity contribution in [3.63, 3.8) is 0 Å². The van der Waals surface area contributed by atoms with Crippen LogP contribution in [0.3, 0.4) is 0 Å². The molecule has 1 aliphatic carbocycles. The van der Waals surface area contributed by atoms with Gasteiger partial charge in [0.05, 0.1) is 17.7 Å². The normalized spacial score (nSPS) is 26.9. The number of aryl methyl sites for hydroxylation is 1. The molecule has 1 aliphatic rings. The Morgan fingerprint density at radius 3 is 2.70 bits per heavy atom. The van der Waals surface area contributed by atoms with Crippen LogP contribution in [0.1, 0.15) is 31.2 Å². The highest BCUT2D eigenvalue weighted by Crippen LogP contribution is 2.32. The van der Waals surface area contributed by atoms with Crippen LogP contribution in [-0.2, 0) is 18.4 Å². The topological polar surface area (TPSA) is 78.6 Å². The zero-order valence-electron chi connectivity index (χ0n) is 12.1. The molecule has 0 spiro atoms. The average molecular weight is 281 g/mol. The number of hydrogen-bond donors (Lipinski definition) is 2. The molecule has 0 unspecified atom stereocenters. The molecule has 112 valence electrons. The van der Waals surface area contributed by atoms with Gasteiger partial charge in [-0.3, -0.25) is 14.4 Å². The monoisotopic (exact) mass is 281 g/mol. The van der Waals surface area contributed by atoms with E-state index in [-0.39, 0.29) is 5.92 Å². The van der Waals surface area contributed by atoms with Crippen LogP contribution < -0.4 is 0 Å². The molecule has 0 aliphatic heterocycles. The van der Waals surface area contributed by atoms with E-state index in [1.54, 1.807) is 4.68 Å². The molecule has 6 heteroatoms. The second kappa shape index (κ2) is 5.93. The SMILES string of the molecule is CN(Cc1cnn(C)c1)CC1(O)CCC(C(=O)O)CC1. The first-order valence-electron chi connectivity index (χ1n) is 6.99. The summed E-state index contributed by atoms with van der Waals surface area (Å²) in [7, 11) is 3.85. The van der Waals surface area contributed by atoms with E-state index in [1.165, 1.54) is 0 Å².